The standard InChI is InChI=1S/C11H15NO2/c13-9-5-8(6-10(14)7-9)11-3-1-2-4-12-11/h5-7,11-14H,1-4H2. The molecule has 0 radical (unpaired) electrons. The third kappa shape index (κ3) is 1.99. The third-order valence-corrected chi connectivity index (χ3v) is 2.64. The van der Waals surface area contributed by atoms with Gasteiger partial charge in [-0.2, -0.15) is 0 Å². The van der Waals surface area contributed by atoms with Crippen molar-refractivity contribution in [3.05, 3.63) is 23.8 Å². The molecule has 1 fully saturated rings. The number of phenolic OH excluding ortho intramolecular Hbond substituents is 2. The van der Waals surface area contributed by atoms with Gasteiger partial charge in [-0.15, -0.1) is 0 Å². The Kier molecular flexibility index (Phi) is 2.59. The molecule has 1 aromatic carbocycles. The van der Waals surface area contributed by atoms with Crippen LogP contribution in [0.3, 0.4) is 0 Å². The summed E-state index contributed by atoms with van der Waals surface area (Å²) < 4.78 is 0. The molecule has 3 N–H and O–H groups in total. The van der Waals surface area contributed by atoms with E-state index in [0.29, 0.717) is 0 Å². The Morgan fingerprint density at radius 1 is 1.07 bits per heavy atom. The normalized spacial score (nSPS) is 22.1. The summed E-state index contributed by atoms with van der Waals surface area (Å²) in [5.41, 5.74) is 0.974. The highest BCUT2D eigenvalue weighted by Gasteiger charge is 2.15. The second-order valence-corrected chi connectivity index (χ2v) is 3.79. The van der Waals surface area contributed by atoms with E-state index >= 15 is 0 Å². The van der Waals surface area contributed by atoms with E-state index in [9.17, 15) is 10.2 Å². The van der Waals surface area contributed by atoms with Crippen LogP contribution in [0.2, 0.25) is 0 Å². The molecule has 76 valence electrons. The molecular formula is C11H15NO2. The van der Waals surface area contributed by atoms with Gasteiger partial charge in [0.15, 0.2) is 0 Å². The van der Waals surface area contributed by atoms with Crippen LogP contribution in [-0.4, -0.2) is 16.8 Å². The number of phenols is 2. The first kappa shape index (κ1) is 9.34. The van der Waals surface area contributed by atoms with Gasteiger partial charge >= 0.3 is 0 Å². The van der Waals surface area contributed by atoms with Crippen LogP contribution in [0.15, 0.2) is 18.2 Å². The van der Waals surface area contributed by atoms with Crippen LogP contribution in [0.4, 0.5) is 0 Å². The summed E-state index contributed by atoms with van der Waals surface area (Å²) in [6.45, 7) is 1.01. The topological polar surface area (TPSA) is 52.5 Å². The third-order valence-electron chi connectivity index (χ3n) is 2.64. The van der Waals surface area contributed by atoms with E-state index in [1.165, 1.54) is 18.9 Å². The first-order valence-corrected chi connectivity index (χ1v) is 5.02. The van der Waals surface area contributed by atoms with Crippen molar-refractivity contribution in [2.45, 2.75) is 25.3 Å². The molecular weight excluding hydrogens is 178 g/mol. The number of hydrogen-bond donors (Lipinski definition) is 3. The summed E-state index contributed by atoms with van der Waals surface area (Å²) in [7, 11) is 0. The average molecular weight is 193 g/mol. The van der Waals surface area contributed by atoms with Crippen LogP contribution in [-0.2, 0) is 0 Å². The highest BCUT2D eigenvalue weighted by Crippen LogP contribution is 2.29. The molecule has 1 aliphatic rings. The Morgan fingerprint density at radius 2 is 1.79 bits per heavy atom. The number of rotatable bonds is 1. The molecule has 0 spiro atoms. The van der Waals surface area contributed by atoms with Gasteiger partial charge in [-0.05, 0) is 37.1 Å². The maximum atomic E-state index is 9.34. The summed E-state index contributed by atoms with van der Waals surface area (Å²) in [6, 6.07) is 5.05. The Morgan fingerprint density at radius 3 is 2.36 bits per heavy atom. The molecule has 1 unspecified atom stereocenters. The molecule has 3 nitrogen and oxygen atoms in total. The molecule has 2 rings (SSSR count). The van der Waals surface area contributed by atoms with Gasteiger partial charge < -0.3 is 15.5 Å². The second kappa shape index (κ2) is 3.88. The average Bonchev–Trinajstić information content (AvgIpc) is 2.18. The highest BCUT2D eigenvalue weighted by atomic mass is 16.3. The number of piperidine rings is 1. The van der Waals surface area contributed by atoms with Crippen molar-refractivity contribution in [2.24, 2.45) is 0 Å². The van der Waals surface area contributed by atoms with Gasteiger partial charge in [0.1, 0.15) is 11.5 Å². The minimum Gasteiger partial charge on any atom is -0.508 e. The van der Waals surface area contributed by atoms with Gasteiger partial charge in [-0.25, -0.2) is 0 Å². The molecule has 14 heavy (non-hydrogen) atoms. The molecule has 0 aliphatic carbocycles. The summed E-state index contributed by atoms with van der Waals surface area (Å²) >= 11 is 0. The van der Waals surface area contributed by atoms with Gasteiger partial charge in [0.25, 0.3) is 0 Å². The van der Waals surface area contributed by atoms with Gasteiger partial charge in [0.2, 0.25) is 0 Å². The second-order valence-electron chi connectivity index (χ2n) is 3.79. The van der Waals surface area contributed by atoms with Crippen molar-refractivity contribution in [1.29, 1.82) is 0 Å². The zero-order valence-electron chi connectivity index (χ0n) is 8.03. The van der Waals surface area contributed by atoms with Gasteiger partial charge in [0, 0.05) is 12.1 Å². The largest absolute Gasteiger partial charge is 0.508 e. The summed E-state index contributed by atoms with van der Waals surface area (Å²) in [5.74, 6) is 0.264. The number of aromatic hydroxyl groups is 2. The maximum absolute atomic E-state index is 9.34. The van der Waals surface area contributed by atoms with Crippen LogP contribution < -0.4 is 5.32 Å². The summed E-state index contributed by atoms with van der Waals surface area (Å²) in [4.78, 5) is 0. The number of hydrogen-bond acceptors (Lipinski definition) is 3. The van der Waals surface area contributed by atoms with E-state index in [1.807, 2.05) is 0 Å². The lowest BCUT2D eigenvalue weighted by atomic mass is 9.97. The monoisotopic (exact) mass is 193 g/mol. The fraction of sp³-hybridized carbons (Fsp3) is 0.455. The van der Waals surface area contributed by atoms with Gasteiger partial charge in [-0.1, -0.05) is 6.42 Å². The summed E-state index contributed by atoms with van der Waals surface area (Å²) in [6.07, 6.45) is 3.48. The quantitative estimate of drug-likeness (QED) is 0.638. The van der Waals surface area contributed by atoms with E-state index in [-0.39, 0.29) is 17.5 Å². The van der Waals surface area contributed by atoms with E-state index in [4.69, 9.17) is 0 Å². The number of nitrogens with one attached hydrogen (secondary N) is 1. The summed E-state index contributed by atoms with van der Waals surface area (Å²) in [5, 5.41) is 22.0. The van der Waals surface area contributed by atoms with Crippen molar-refractivity contribution in [3.63, 3.8) is 0 Å². The fourth-order valence-electron chi connectivity index (χ4n) is 1.96. The fourth-order valence-corrected chi connectivity index (χ4v) is 1.96. The first-order chi connectivity index (χ1) is 6.75. The zero-order valence-corrected chi connectivity index (χ0v) is 8.03. The van der Waals surface area contributed by atoms with Crippen LogP contribution in [0.25, 0.3) is 0 Å². The lowest BCUT2D eigenvalue weighted by Gasteiger charge is -2.23. The van der Waals surface area contributed by atoms with Crippen molar-refractivity contribution in [2.75, 3.05) is 6.54 Å². The van der Waals surface area contributed by atoms with Crippen LogP contribution in [0, 0.1) is 0 Å². The molecule has 0 bridgehead atoms. The van der Waals surface area contributed by atoms with Gasteiger partial charge in [-0.3, -0.25) is 0 Å². The van der Waals surface area contributed by atoms with Crippen molar-refractivity contribution >= 4 is 0 Å². The molecule has 3 heteroatoms. The van der Waals surface area contributed by atoms with Crippen LogP contribution in [0.5, 0.6) is 11.5 Å². The van der Waals surface area contributed by atoms with E-state index < -0.39 is 0 Å². The molecule has 1 saturated heterocycles. The lowest BCUT2D eigenvalue weighted by molar-refractivity contribution is 0.404. The molecule has 1 aliphatic heterocycles. The smallest absolute Gasteiger partial charge is 0.119 e. The number of benzene rings is 1. The zero-order chi connectivity index (χ0) is 9.97. The first-order valence-electron chi connectivity index (χ1n) is 5.02. The molecule has 0 amide bonds. The molecule has 1 aromatic rings. The minimum absolute atomic E-state index is 0.132. The Balaban J connectivity index is 2.21. The molecule has 0 aromatic heterocycles. The minimum atomic E-state index is 0.132. The Hall–Kier alpha value is -1.22. The predicted molar refractivity (Wildman–Crippen MR) is 54.4 cm³/mol. The highest BCUT2D eigenvalue weighted by molar-refractivity contribution is 5.38. The van der Waals surface area contributed by atoms with Crippen LogP contribution >= 0.6 is 0 Å². The van der Waals surface area contributed by atoms with E-state index in [1.54, 1.807) is 12.1 Å². The van der Waals surface area contributed by atoms with E-state index in [0.717, 1.165) is 18.5 Å². The van der Waals surface area contributed by atoms with Crippen LogP contribution in [0.1, 0.15) is 30.9 Å². The Bertz CT molecular complexity index is 299. The van der Waals surface area contributed by atoms with Gasteiger partial charge in [0.05, 0.1) is 0 Å². The predicted octanol–water partition coefficient (Wildman–Crippen LogP) is 1.91. The molecule has 1 atom stereocenters. The van der Waals surface area contributed by atoms with E-state index in [2.05, 4.69) is 5.32 Å². The van der Waals surface area contributed by atoms with Crippen molar-refractivity contribution < 1.29 is 10.2 Å². The maximum Gasteiger partial charge on any atom is 0.119 e. The Labute approximate surface area is 83.4 Å². The van der Waals surface area contributed by atoms with Crippen molar-refractivity contribution in [3.8, 4) is 11.5 Å². The molecule has 0 saturated carbocycles. The lowest BCUT2D eigenvalue weighted by Crippen LogP contribution is -2.26. The SMILES string of the molecule is Oc1cc(O)cc(C2CCCCN2)c1. The molecule has 1 heterocycles. The van der Waals surface area contributed by atoms with Crippen molar-refractivity contribution in [1.82, 2.24) is 5.32 Å².